The Balaban J connectivity index is 2.40. The molecule has 0 bridgehead atoms. The average molecular weight is 373 g/mol. The lowest BCUT2D eigenvalue weighted by Crippen LogP contribution is -2.15. The first-order chi connectivity index (χ1) is 9.83. The first kappa shape index (κ1) is 15.4. The van der Waals surface area contributed by atoms with E-state index in [9.17, 15) is 17.2 Å². The molecule has 0 fully saturated rings. The van der Waals surface area contributed by atoms with Crippen molar-refractivity contribution in [3.05, 3.63) is 58.1 Å². The van der Waals surface area contributed by atoms with E-state index in [4.69, 9.17) is 5.26 Å². The zero-order valence-corrected chi connectivity index (χ0v) is 12.7. The maximum Gasteiger partial charge on any atom is 0.262 e. The van der Waals surface area contributed by atoms with E-state index in [0.717, 1.165) is 12.1 Å². The highest BCUT2D eigenvalue weighted by Crippen LogP contribution is 2.26. The highest BCUT2D eigenvalue weighted by atomic mass is 79.9. The Morgan fingerprint density at radius 2 is 1.62 bits per heavy atom. The van der Waals surface area contributed by atoms with Gasteiger partial charge >= 0.3 is 0 Å². The van der Waals surface area contributed by atoms with Crippen LogP contribution in [0.3, 0.4) is 0 Å². The fourth-order valence-corrected chi connectivity index (χ4v) is 3.02. The smallest absolute Gasteiger partial charge is 0.262 e. The number of anilines is 1. The van der Waals surface area contributed by atoms with Crippen LogP contribution in [0.25, 0.3) is 0 Å². The molecule has 0 unspecified atom stereocenters. The number of nitriles is 1. The Bertz CT molecular complexity index is 807. The molecule has 108 valence electrons. The van der Waals surface area contributed by atoms with Crippen LogP contribution in [0.15, 0.2) is 45.8 Å². The van der Waals surface area contributed by atoms with Gasteiger partial charge in [-0.25, -0.2) is 17.2 Å². The summed E-state index contributed by atoms with van der Waals surface area (Å²) in [5.74, 6) is -2.09. The summed E-state index contributed by atoms with van der Waals surface area (Å²) < 4.78 is 53.4. The molecule has 2 rings (SSSR count). The number of rotatable bonds is 3. The molecule has 1 N–H and O–H groups in total. The van der Waals surface area contributed by atoms with E-state index >= 15 is 0 Å². The molecular formula is C13H7BrF2N2O2S. The molecule has 4 nitrogen and oxygen atoms in total. The van der Waals surface area contributed by atoms with Crippen LogP contribution in [-0.2, 0) is 10.0 Å². The number of hydrogen-bond acceptors (Lipinski definition) is 3. The van der Waals surface area contributed by atoms with E-state index < -0.39 is 27.3 Å². The van der Waals surface area contributed by atoms with Crippen molar-refractivity contribution < 1.29 is 17.2 Å². The monoisotopic (exact) mass is 372 g/mol. The van der Waals surface area contributed by atoms with Crippen molar-refractivity contribution in [1.82, 2.24) is 0 Å². The molecule has 0 aliphatic rings. The van der Waals surface area contributed by atoms with E-state index in [2.05, 4.69) is 15.9 Å². The van der Waals surface area contributed by atoms with Crippen LogP contribution in [0.2, 0.25) is 0 Å². The van der Waals surface area contributed by atoms with Crippen molar-refractivity contribution in [3.8, 4) is 6.07 Å². The van der Waals surface area contributed by atoms with Gasteiger partial charge in [0, 0.05) is 4.47 Å². The number of sulfonamides is 1. The van der Waals surface area contributed by atoms with Crippen LogP contribution < -0.4 is 4.72 Å². The van der Waals surface area contributed by atoms with Gasteiger partial charge in [-0.05, 0) is 36.4 Å². The maximum absolute atomic E-state index is 13.6. The fraction of sp³-hybridized carbons (Fsp3) is 0. The van der Waals surface area contributed by atoms with Crippen molar-refractivity contribution in [3.63, 3.8) is 0 Å². The quantitative estimate of drug-likeness (QED) is 0.897. The summed E-state index contributed by atoms with van der Waals surface area (Å²) in [4.78, 5) is -0.205. The predicted molar refractivity (Wildman–Crippen MR) is 76.0 cm³/mol. The van der Waals surface area contributed by atoms with Crippen molar-refractivity contribution >= 4 is 31.6 Å². The lowest BCUT2D eigenvalue weighted by atomic mass is 10.2. The van der Waals surface area contributed by atoms with Gasteiger partial charge in [0.05, 0.1) is 16.5 Å². The minimum atomic E-state index is -4.15. The van der Waals surface area contributed by atoms with Gasteiger partial charge in [0.1, 0.15) is 5.69 Å². The number of benzene rings is 2. The second kappa shape index (κ2) is 5.79. The van der Waals surface area contributed by atoms with Crippen LogP contribution in [-0.4, -0.2) is 8.42 Å². The summed E-state index contributed by atoms with van der Waals surface area (Å²) in [7, 11) is -4.15. The van der Waals surface area contributed by atoms with Gasteiger partial charge in [-0.3, -0.25) is 4.72 Å². The van der Waals surface area contributed by atoms with E-state index in [-0.39, 0.29) is 14.9 Å². The molecule has 0 aliphatic carbocycles. The molecule has 0 aliphatic heterocycles. The van der Waals surface area contributed by atoms with Gasteiger partial charge in [-0.2, -0.15) is 5.26 Å². The Morgan fingerprint density at radius 1 is 1.10 bits per heavy atom. The molecule has 8 heteroatoms. The highest BCUT2D eigenvalue weighted by molar-refractivity contribution is 9.10. The third-order valence-corrected chi connectivity index (χ3v) is 4.36. The van der Waals surface area contributed by atoms with Crippen LogP contribution in [0.1, 0.15) is 5.56 Å². The van der Waals surface area contributed by atoms with Crippen molar-refractivity contribution in [1.29, 1.82) is 5.26 Å². The average Bonchev–Trinajstić information content (AvgIpc) is 2.43. The van der Waals surface area contributed by atoms with Crippen molar-refractivity contribution in [2.24, 2.45) is 0 Å². The van der Waals surface area contributed by atoms with Crippen LogP contribution in [0, 0.1) is 23.0 Å². The summed E-state index contributed by atoms with van der Waals surface area (Å²) in [5, 5.41) is 8.65. The van der Waals surface area contributed by atoms with Gasteiger partial charge in [0.15, 0.2) is 11.6 Å². The molecule has 21 heavy (non-hydrogen) atoms. The molecule has 0 saturated heterocycles. The first-order valence-electron chi connectivity index (χ1n) is 5.51. The minimum absolute atomic E-state index is 0.152. The molecule has 0 radical (unpaired) electrons. The lowest BCUT2D eigenvalue weighted by Gasteiger charge is -2.10. The van der Waals surface area contributed by atoms with E-state index in [1.807, 2.05) is 10.8 Å². The Kier molecular flexibility index (Phi) is 4.25. The van der Waals surface area contributed by atoms with Crippen LogP contribution >= 0.6 is 15.9 Å². The van der Waals surface area contributed by atoms with E-state index in [0.29, 0.717) is 0 Å². The summed E-state index contributed by atoms with van der Waals surface area (Å²) in [5.41, 5.74) is -0.488. The van der Waals surface area contributed by atoms with Crippen LogP contribution in [0.5, 0.6) is 0 Å². The SMILES string of the molecule is N#Cc1ccc(S(=O)(=O)Nc2c(F)cc(Br)cc2F)cc1. The Morgan fingerprint density at radius 3 is 2.10 bits per heavy atom. The summed E-state index contributed by atoms with van der Waals surface area (Å²) in [6.07, 6.45) is 0. The van der Waals surface area contributed by atoms with Gasteiger partial charge in [0.25, 0.3) is 10.0 Å². The third kappa shape index (κ3) is 3.37. The normalized spacial score (nSPS) is 11.0. The van der Waals surface area contributed by atoms with E-state index in [1.165, 1.54) is 24.3 Å². The van der Waals surface area contributed by atoms with Crippen LogP contribution in [0.4, 0.5) is 14.5 Å². The van der Waals surface area contributed by atoms with Gasteiger partial charge in [-0.1, -0.05) is 15.9 Å². The molecule has 0 saturated carbocycles. The molecular weight excluding hydrogens is 366 g/mol. The predicted octanol–water partition coefficient (Wildman–Crippen LogP) is 3.40. The van der Waals surface area contributed by atoms with E-state index in [1.54, 1.807) is 0 Å². The largest absolute Gasteiger partial charge is 0.274 e. The number of nitrogens with zero attached hydrogens (tertiary/aromatic N) is 1. The topological polar surface area (TPSA) is 70.0 Å². The number of nitrogens with one attached hydrogen (secondary N) is 1. The second-order valence-corrected chi connectivity index (χ2v) is 6.58. The van der Waals surface area contributed by atoms with Gasteiger partial charge in [-0.15, -0.1) is 0 Å². The zero-order chi connectivity index (χ0) is 15.6. The summed E-state index contributed by atoms with van der Waals surface area (Å²) in [6, 6.07) is 8.67. The number of halogens is 3. The molecule has 2 aromatic carbocycles. The fourth-order valence-electron chi connectivity index (χ4n) is 1.54. The second-order valence-electron chi connectivity index (χ2n) is 3.99. The van der Waals surface area contributed by atoms with Crippen molar-refractivity contribution in [2.45, 2.75) is 4.90 Å². The maximum atomic E-state index is 13.6. The summed E-state index contributed by atoms with van der Waals surface area (Å²) in [6.45, 7) is 0. The lowest BCUT2D eigenvalue weighted by molar-refractivity contribution is 0.582. The highest BCUT2D eigenvalue weighted by Gasteiger charge is 2.19. The summed E-state index contributed by atoms with van der Waals surface area (Å²) >= 11 is 2.90. The molecule has 0 atom stereocenters. The third-order valence-electron chi connectivity index (χ3n) is 2.54. The van der Waals surface area contributed by atoms with Gasteiger partial charge < -0.3 is 0 Å². The number of hydrogen-bond donors (Lipinski definition) is 1. The Hall–Kier alpha value is -1.98. The molecule has 0 spiro atoms. The molecule has 0 aromatic heterocycles. The van der Waals surface area contributed by atoms with Gasteiger partial charge in [0.2, 0.25) is 0 Å². The molecule has 2 aromatic rings. The zero-order valence-electron chi connectivity index (χ0n) is 10.3. The Labute approximate surface area is 128 Å². The molecule has 0 amide bonds. The van der Waals surface area contributed by atoms with Crippen molar-refractivity contribution in [2.75, 3.05) is 4.72 Å². The molecule has 0 heterocycles. The first-order valence-corrected chi connectivity index (χ1v) is 7.78. The minimum Gasteiger partial charge on any atom is -0.274 e. The standard InChI is InChI=1S/C13H7BrF2N2O2S/c14-9-5-11(15)13(12(16)6-9)18-21(19,20)10-3-1-8(7-17)2-4-10/h1-6,18H.